The maximum atomic E-state index is 13.3. The molecule has 1 N–H and O–H groups in total. The first-order chi connectivity index (χ1) is 7.66. The van der Waals surface area contributed by atoms with E-state index in [1.165, 1.54) is 6.07 Å². The average molecular weight is 220 g/mol. The van der Waals surface area contributed by atoms with Crippen molar-refractivity contribution in [1.82, 2.24) is 4.98 Å². The molecule has 0 saturated carbocycles. The van der Waals surface area contributed by atoms with Gasteiger partial charge in [0.1, 0.15) is 11.6 Å². The molecule has 0 aliphatic heterocycles. The van der Waals surface area contributed by atoms with Crippen LogP contribution in [-0.2, 0) is 6.54 Å². The molecule has 2 rings (SSSR count). The Hall–Kier alpha value is -1.84. The lowest BCUT2D eigenvalue weighted by molar-refractivity contribution is 0.478. The molecule has 0 unspecified atom stereocenters. The summed E-state index contributed by atoms with van der Waals surface area (Å²) in [7, 11) is 0. The van der Waals surface area contributed by atoms with Crippen LogP contribution in [0.3, 0.4) is 0 Å². The molecule has 2 aromatic rings. The number of hydrogen-bond donors (Lipinski definition) is 1. The number of aryl methyl sites for hydroxylation is 2. The van der Waals surface area contributed by atoms with Gasteiger partial charge in [0.15, 0.2) is 0 Å². The molecule has 0 aliphatic rings. The summed E-state index contributed by atoms with van der Waals surface area (Å²) in [6.07, 6.45) is 0. The van der Waals surface area contributed by atoms with E-state index in [1.807, 2.05) is 13.8 Å². The molecule has 0 saturated heterocycles. The van der Waals surface area contributed by atoms with Crippen LogP contribution in [0.5, 0.6) is 0 Å². The smallest absolute Gasteiger partial charge is 0.213 e. The summed E-state index contributed by atoms with van der Waals surface area (Å²) in [5.74, 6) is 1.09. The van der Waals surface area contributed by atoms with Crippen LogP contribution in [-0.4, -0.2) is 4.98 Å². The second-order valence-electron chi connectivity index (χ2n) is 3.58. The molecule has 1 aromatic carbocycles. The van der Waals surface area contributed by atoms with Crippen molar-refractivity contribution in [3.05, 3.63) is 47.4 Å². The van der Waals surface area contributed by atoms with Crippen molar-refractivity contribution in [2.45, 2.75) is 20.4 Å². The van der Waals surface area contributed by atoms with Crippen molar-refractivity contribution in [3.8, 4) is 0 Å². The third kappa shape index (κ3) is 2.21. The van der Waals surface area contributed by atoms with Crippen LogP contribution < -0.4 is 5.32 Å². The number of aromatic nitrogens is 1. The van der Waals surface area contributed by atoms with Gasteiger partial charge in [-0.05, 0) is 26.0 Å². The lowest BCUT2D eigenvalue weighted by atomic mass is 10.3. The fraction of sp³-hybridized carbons (Fsp3) is 0.250. The van der Waals surface area contributed by atoms with Crippen molar-refractivity contribution in [3.63, 3.8) is 0 Å². The first-order valence-corrected chi connectivity index (χ1v) is 5.08. The molecular formula is C12H13FN2O. The van der Waals surface area contributed by atoms with Crippen LogP contribution >= 0.6 is 0 Å². The monoisotopic (exact) mass is 220 g/mol. The Morgan fingerprint density at radius 3 is 2.69 bits per heavy atom. The predicted molar refractivity (Wildman–Crippen MR) is 59.7 cm³/mol. The minimum atomic E-state index is -0.275. The van der Waals surface area contributed by atoms with Crippen molar-refractivity contribution in [2.24, 2.45) is 0 Å². The van der Waals surface area contributed by atoms with E-state index in [0.717, 1.165) is 11.5 Å². The van der Waals surface area contributed by atoms with Crippen LogP contribution in [0.15, 0.2) is 28.7 Å². The number of hydrogen-bond acceptors (Lipinski definition) is 3. The summed E-state index contributed by atoms with van der Waals surface area (Å²) >= 11 is 0. The zero-order chi connectivity index (χ0) is 11.5. The van der Waals surface area contributed by atoms with Gasteiger partial charge < -0.3 is 9.73 Å². The van der Waals surface area contributed by atoms with E-state index in [1.54, 1.807) is 18.2 Å². The molecule has 0 amide bonds. The van der Waals surface area contributed by atoms with Gasteiger partial charge in [0.2, 0.25) is 5.89 Å². The highest BCUT2D eigenvalue weighted by atomic mass is 19.1. The van der Waals surface area contributed by atoms with Crippen LogP contribution in [0.25, 0.3) is 0 Å². The number of halogens is 1. The number of nitrogens with zero attached hydrogens (tertiary/aromatic N) is 1. The summed E-state index contributed by atoms with van der Waals surface area (Å²) in [5.41, 5.74) is 1.32. The van der Waals surface area contributed by atoms with Gasteiger partial charge in [-0.2, -0.15) is 0 Å². The van der Waals surface area contributed by atoms with Gasteiger partial charge in [0.05, 0.1) is 17.9 Å². The third-order valence-electron chi connectivity index (χ3n) is 2.38. The summed E-state index contributed by atoms with van der Waals surface area (Å²) in [5, 5.41) is 2.94. The van der Waals surface area contributed by atoms with Gasteiger partial charge in [-0.3, -0.25) is 0 Å². The fourth-order valence-electron chi connectivity index (χ4n) is 1.39. The molecular weight excluding hydrogens is 207 g/mol. The molecule has 4 heteroatoms. The zero-order valence-corrected chi connectivity index (χ0v) is 9.25. The lowest BCUT2D eigenvalue weighted by Gasteiger charge is -2.04. The van der Waals surface area contributed by atoms with Crippen molar-refractivity contribution < 1.29 is 8.81 Å². The first-order valence-electron chi connectivity index (χ1n) is 5.08. The third-order valence-corrected chi connectivity index (χ3v) is 2.38. The van der Waals surface area contributed by atoms with Crippen molar-refractivity contribution in [2.75, 3.05) is 5.32 Å². The van der Waals surface area contributed by atoms with Gasteiger partial charge in [0, 0.05) is 0 Å². The van der Waals surface area contributed by atoms with Crippen LogP contribution in [0.4, 0.5) is 10.1 Å². The number of anilines is 1. The fourth-order valence-corrected chi connectivity index (χ4v) is 1.39. The van der Waals surface area contributed by atoms with Gasteiger partial charge >= 0.3 is 0 Å². The van der Waals surface area contributed by atoms with E-state index < -0.39 is 0 Å². The minimum absolute atomic E-state index is 0.275. The van der Waals surface area contributed by atoms with E-state index in [9.17, 15) is 4.39 Å². The van der Waals surface area contributed by atoms with E-state index in [2.05, 4.69) is 10.3 Å². The number of para-hydroxylation sites is 1. The van der Waals surface area contributed by atoms with E-state index in [4.69, 9.17) is 4.42 Å². The lowest BCUT2D eigenvalue weighted by Crippen LogP contribution is -2.01. The molecule has 0 aliphatic carbocycles. The number of rotatable bonds is 3. The summed E-state index contributed by atoms with van der Waals surface area (Å²) in [4.78, 5) is 4.20. The van der Waals surface area contributed by atoms with Crippen LogP contribution in [0.1, 0.15) is 17.3 Å². The summed E-state index contributed by atoms with van der Waals surface area (Å²) < 4.78 is 18.6. The molecule has 1 heterocycles. The second-order valence-corrected chi connectivity index (χ2v) is 3.58. The van der Waals surface area contributed by atoms with Crippen molar-refractivity contribution in [1.29, 1.82) is 0 Å². The number of nitrogens with one attached hydrogen (secondary N) is 1. The normalized spacial score (nSPS) is 10.4. The topological polar surface area (TPSA) is 38.1 Å². The van der Waals surface area contributed by atoms with E-state index in [-0.39, 0.29) is 5.82 Å². The Balaban J connectivity index is 2.05. The molecule has 84 valence electrons. The highest BCUT2D eigenvalue weighted by Gasteiger charge is 2.06. The van der Waals surface area contributed by atoms with Gasteiger partial charge in [-0.25, -0.2) is 9.37 Å². The Morgan fingerprint density at radius 2 is 2.06 bits per heavy atom. The molecule has 1 aromatic heterocycles. The molecule has 0 fully saturated rings. The number of benzene rings is 1. The second kappa shape index (κ2) is 4.35. The van der Waals surface area contributed by atoms with Gasteiger partial charge in [-0.1, -0.05) is 12.1 Å². The molecule has 0 atom stereocenters. The standard InChI is InChI=1S/C12H13FN2O/c1-8-9(2)16-12(15-8)7-14-11-6-4-3-5-10(11)13/h3-6,14H,7H2,1-2H3. The highest BCUT2D eigenvalue weighted by Crippen LogP contribution is 2.14. The van der Waals surface area contributed by atoms with Gasteiger partial charge in [0.25, 0.3) is 0 Å². The highest BCUT2D eigenvalue weighted by molar-refractivity contribution is 5.44. The maximum Gasteiger partial charge on any atom is 0.213 e. The maximum absolute atomic E-state index is 13.3. The molecule has 16 heavy (non-hydrogen) atoms. The van der Waals surface area contributed by atoms with E-state index in [0.29, 0.717) is 18.1 Å². The molecule has 0 spiro atoms. The zero-order valence-electron chi connectivity index (χ0n) is 9.25. The predicted octanol–water partition coefficient (Wildman–Crippen LogP) is 3.04. The van der Waals surface area contributed by atoms with Crippen LogP contribution in [0, 0.1) is 19.7 Å². The first kappa shape index (κ1) is 10.7. The summed E-state index contributed by atoms with van der Waals surface area (Å²) in [6.45, 7) is 4.12. The summed E-state index contributed by atoms with van der Waals surface area (Å²) in [6, 6.07) is 6.52. The minimum Gasteiger partial charge on any atom is -0.444 e. The van der Waals surface area contributed by atoms with E-state index >= 15 is 0 Å². The van der Waals surface area contributed by atoms with Crippen molar-refractivity contribution >= 4 is 5.69 Å². The van der Waals surface area contributed by atoms with Crippen LogP contribution in [0.2, 0.25) is 0 Å². The Kier molecular flexibility index (Phi) is 2.90. The molecule has 3 nitrogen and oxygen atoms in total. The Labute approximate surface area is 93.3 Å². The SMILES string of the molecule is Cc1nc(CNc2ccccc2F)oc1C. The largest absolute Gasteiger partial charge is 0.444 e. The number of oxazole rings is 1. The molecule has 0 bridgehead atoms. The Morgan fingerprint density at radius 1 is 1.31 bits per heavy atom. The molecule has 0 radical (unpaired) electrons. The average Bonchev–Trinajstić information content (AvgIpc) is 2.57. The van der Waals surface area contributed by atoms with Gasteiger partial charge in [-0.15, -0.1) is 0 Å². The quantitative estimate of drug-likeness (QED) is 0.863. The Bertz CT molecular complexity index is 474.